The van der Waals surface area contributed by atoms with Gasteiger partial charge in [0.25, 0.3) is 0 Å². The third-order valence-corrected chi connectivity index (χ3v) is 3.52. The molecule has 130 valence electrons. The Labute approximate surface area is 144 Å². The summed E-state index contributed by atoms with van der Waals surface area (Å²) in [5.41, 5.74) is 1.86. The average Bonchev–Trinajstić information content (AvgIpc) is 3.01. The maximum atomic E-state index is 12.1. The van der Waals surface area contributed by atoms with Gasteiger partial charge in [0, 0.05) is 5.69 Å². The lowest BCUT2D eigenvalue weighted by atomic mass is 10.2. The zero-order chi connectivity index (χ0) is 15.8. The van der Waals surface area contributed by atoms with Crippen LogP contribution in [0, 0.1) is 0 Å². The fourth-order valence-electron chi connectivity index (χ4n) is 2.41. The summed E-state index contributed by atoms with van der Waals surface area (Å²) in [6.07, 6.45) is 2.20. The maximum Gasteiger partial charge on any atom is 0.241 e. The number of hydrogen-bond acceptors (Lipinski definition) is 4. The monoisotopic (exact) mass is 342 g/mol. The van der Waals surface area contributed by atoms with Crippen LogP contribution in [0.5, 0.6) is 0 Å². The van der Waals surface area contributed by atoms with Gasteiger partial charge in [-0.1, -0.05) is 12.1 Å². The van der Waals surface area contributed by atoms with Crippen molar-refractivity contribution in [1.82, 2.24) is 5.32 Å². The number of anilines is 1. The van der Waals surface area contributed by atoms with Gasteiger partial charge in [0.15, 0.2) is 0 Å². The summed E-state index contributed by atoms with van der Waals surface area (Å²) in [4.78, 5) is 12.1. The second-order valence-electron chi connectivity index (χ2n) is 5.81. The summed E-state index contributed by atoms with van der Waals surface area (Å²) in [5, 5.41) is 6.16. The molecule has 2 rings (SSSR count). The zero-order valence-electron chi connectivity index (χ0n) is 13.8. The number of halogens is 1. The van der Waals surface area contributed by atoms with Crippen molar-refractivity contribution in [2.75, 3.05) is 25.1 Å². The second kappa shape index (κ2) is 10.6. The van der Waals surface area contributed by atoms with Gasteiger partial charge in [-0.3, -0.25) is 4.79 Å². The van der Waals surface area contributed by atoms with Crippen LogP contribution in [-0.4, -0.2) is 37.8 Å². The van der Waals surface area contributed by atoms with Gasteiger partial charge in [0.1, 0.15) is 0 Å². The predicted molar refractivity (Wildman–Crippen MR) is 94.1 cm³/mol. The number of carbonyl (C=O) groups excluding carboxylic acids is 1. The number of rotatable bonds is 8. The van der Waals surface area contributed by atoms with Crippen LogP contribution < -0.4 is 10.6 Å². The molecule has 6 heteroatoms. The first-order valence-corrected chi connectivity index (χ1v) is 7.97. The molecule has 0 aliphatic carbocycles. The van der Waals surface area contributed by atoms with E-state index < -0.39 is 0 Å². The van der Waals surface area contributed by atoms with Crippen LogP contribution >= 0.6 is 12.4 Å². The van der Waals surface area contributed by atoms with Crippen molar-refractivity contribution in [2.45, 2.75) is 45.4 Å². The molecule has 5 nitrogen and oxygen atoms in total. The molecule has 2 N–H and O–H groups in total. The fraction of sp³-hybridized carbons (Fsp3) is 0.588. The van der Waals surface area contributed by atoms with Crippen LogP contribution in [0.2, 0.25) is 0 Å². The normalized spacial score (nSPS) is 17.1. The van der Waals surface area contributed by atoms with Crippen LogP contribution in [0.15, 0.2) is 24.3 Å². The molecule has 0 bridgehead atoms. The summed E-state index contributed by atoms with van der Waals surface area (Å²) < 4.78 is 11.0. The molecule has 23 heavy (non-hydrogen) atoms. The van der Waals surface area contributed by atoms with E-state index in [9.17, 15) is 4.79 Å². The Morgan fingerprint density at radius 3 is 2.91 bits per heavy atom. The topological polar surface area (TPSA) is 59.6 Å². The van der Waals surface area contributed by atoms with E-state index in [0.717, 1.165) is 30.6 Å². The van der Waals surface area contributed by atoms with Crippen molar-refractivity contribution in [2.24, 2.45) is 0 Å². The Hall–Kier alpha value is -1.14. The van der Waals surface area contributed by atoms with E-state index in [2.05, 4.69) is 10.6 Å². The molecule has 1 atom stereocenters. The minimum atomic E-state index is -0.0620. The minimum absolute atomic E-state index is 0. The summed E-state index contributed by atoms with van der Waals surface area (Å²) in [7, 11) is 0. The van der Waals surface area contributed by atoms with Crippen molar-refractivity contribution < 1.29 is 14.3 Å². The predicted octanol–water partition coefficient (Wildman–Crippen LogP) is 2.74. The maximum absolute atomic E-state index is 12.1. The molecule has 0 spiro atoms. The van der Waals surface area contributed by atoms with Gasteiger partial charge in [-0.15, -0.1) is 12.4 Å². The highest BCUT2D eigenvalue weighted by molar-refractivity contribution is 5.95. The van der Waals surface area contributed by atoms with E-state index in [-0.39, 0.29) is 30.5 Å². The van der Waals surface area contributed by atoms with Crippen molar-refractivity contribution in [3.63, 3.8) is 0 Å². The van der Waals surface area contributed by atoms with Crippen LogP contribution in [0.4, 0.5) is 5.69 Å². The van der Waals surface area contributed by atoms with Crippen LogP contribution in [0.25, 0.3) is 0 Å². The Kier molecular flexibility index (Phi) is 9.17. The Morgan fingerprint density at radius 1 is 1.39 bits per heavy atom. The molecule has 1 aliphatic heterocycles. The summed E-state index contributed by atoms with van der Waals surface area (Å²) in [6, 6.07) is 7.72. The molecule has 1 heterocycles. The molecule has 0 saturated carbocycles. The lowest BCUT2D eigenvalue weighted by Gasteiger charge is -2.12. The van der Waals surface area contributed by atoms with E-state index in [1.807, 2.05) is 38.1 Å². The van der Waals surface area contributed by atoms with Crippen molar-refractivity contribution in [3.8, 4) is 0 Å². The van der Waals surface area contributed by atoms with E-state index in [0.29, 0.717) is 19.8 Å². The Bertz CT molecular complexity index is 477. The first kappa shape index (κ1) is 19.9. The molecule has 1 aromatic rings. The first-order chi connectivity index (χ1) is 10.6. The standard InChI is InChI=1S/C17H26N2O3.ClH/c1-13(2)22-10-9-21-12-14-5-3-6-15(11-14)19-17(20)16-7-4-8-18-16;/h3,5-6,11,13,16,18H,4,7-10,12H2,1-2H3,(H,19,20);1H. The SMILES string of the molecule is CC(C)OCCOCc1cccc(NC(=O)C2CCCN2)c1.Cl. The third kappa shape index (κ3) is 7.31. The molecule has 1 saturated heterocycles. The number of nitrogens with one attached hydrogen (secondary N) is 2. The molecular weight excluding hydrogens is 316 g/mol. The number of benzene rings is 1. The van der Waals surface area contributed by atoms with Crippen molar-refractivity contribution in [3.05, 3.63) is 29.8 Å². The second-order valence-corrected chi connectivity index (χ2v) is 5.81. The van der Waals surface area contributed by atoms with Gasteiger partial charge >= 0.3 is 0 Å². The van der Waals surface area contributed by atoms with Gasteiger partial charge in [0.05, 0.1) is 32.0 Å². The van der Waals surface area contributed by atoms with Crippen LogP contribution in [0.1, 0.15) is 32.3 Å². The largest absolute Gasteiger partial charge is 0.376 e. The van der Waals surface area contributed by atoms with E-state index in [1.165, 1.54) is 0 Å². The highest BCUT2D eigenvalue weighted by atomic mass is 35.5. The van der Waals surface area contributed by atoms with E-state index in [1.54, 1.807) is 0 Å². The Morgan fingerprint density at radius 2 is 2.22 bits per heavy atom. The lowest BCUT2D eigenvalue weighted by Crippen LogP contribution is -2.35. The van der Waals surface area contributed by atoms with Gasteiger partial charge in [-0.25, -0.2) is 0 Å². The molecule has 1 fully saturated rings. The molecule has 1 unspecified atom stereocenters. The van der Waals surface area contributed by atoms with Crippen LogP contribution in [0.3, 0.4) is 0 Å². The zero-order valence-corrected chi connectivity index (χ0v) is 14.7. The lowest BCUT2D eigenvalue weighted by molar-refractivity contribution is -0.117. The summed E-state index contributed by atoms with van der Waals surface area (Å²) in [5.74, 6) is 0.0425. The molecular formula is C17H27ClN2O3. The Balaban J connectivity index is 0.00000264. The van der Waals surface area contributed by atoms with Gasteiger partial charge < -0.3 is 20.1 Å². The number of ether oxygens (including phenoxy) is 2. The van der Waals surface area contributed by atoms with Crippen molar-refractivity contribution in [1.29, 1.82) is 0 Å². The number of carbonyl (C=O) groups is 1. The molecule has 0 radical (unpaired) electrons. The highest BCUT2D eigenvalue weighted by Gasteiger charge is 2.21. The summed E-state index contributed by atoms with van der Waals surface area (Å²) >= 11 is 0. The van der Waals surface area contributed by atoms with Gasteiger partial charge in [-0.2, -0.15) is 0 Å². The number of amides is 1. The minimum Gasteiger partial charge on any atom is -0.376 e. The molecule has 1 aromatic carbocycles. The average molecular weight is 343 g/mol. The van der Waals surface area contributed by atoms with Gasteiger partial charge in [0.2, 0.25) is 5.91 Å². The fourth-order valence-corrected chi connectivity index (χ4v) is 2.41. The summed E-state index contributed by atoms with van der Waals surface area (Å²) in [6.45, 7) is 6.62. The number of hydrogen-bond donors (Lipinski definition) is 2. The highest BCUT2D eigenvalue weighted by Crippen LogP contribution is 2.14. The first-order valence-electron chi connectivity index (χ1n) is 7.97. The van der Waals surface area contributed by atoms with E-state index in [4.69, 9.17) is 9.47 Å². The molecule has 1 aliphatic rings. The van der Waals surface area contributed by atoms with Crippen LogP contribution in [-0.2, 0) is 20.9 Å². The molecule has 0 aromatic heterocycles. The van der Waals surface area contributed by atoms with Gasteiger partial charge in [-0.05, 0) is 50.9 Å². The van der Waals surface area contributed by atoms with E-state index >= 15 is 0 Å². The van der Waals surface area contributed by atoms with Crippen molar-refractivity contribution >= 4 is 24.0 Å². The molecule has 1 amide bonds. The third-order valence-electron chi connectivity index (χ3n) is 3.52. The quantitative estimate of drug-likeness (QED) is 0.713. The smallest absolute Gasteiger partial charge is 0.241 e.